The molecule has 4 heteroatoms. The maximum atomic E-state index is 11.2. The predicted octanol–water partition coefficient (Wildman–Crippen LogP) is 1.42. The molecule has 0 bridgehead atoms. The van der Waals surface area contributed by atoms with Crippen molar-refractivity contribution in [1.29, 1.82) is 0 Å². The van der Waals surface area contributed by atoms with Crippen LogP contribution in [0.1, 0.15) is 19.0 Å². The Morgan fingerprint density at radius 3 is 3.00 bits per heavy atom. The highest BCUT2D eigenvalue weighted by molar-refractivity contribution is 5.87. The van der Waals surface area contributed by atoms with Gasteiger partial charge in [-0.15, -0.1) is 0 Å². The molecule has 1 heterocycles. The van der Waals surface area contributed by atoms with Gasteiger partial charge in [-0.1, -0.05) is 12.1 Å². The van der Waals surface area contributed by atoms with Crippen LogP contribution in [0, 0.1) is 0 Å². The molecule has 0 saturated carbocycles. The van der Waals surface area contributed by atoms with Gasteiger partial charge in [0, 0.05) is 11.9 Å². The van der Waals surface area contributed by atoms with E-state index in [0.29, 0.717) is 6.61 Å². The predicted molar refractivity (Wildman–Crippen MR) is 61.5 cm³/mol. The van der Waals surface area contributed by atoms with Gasteiger partial charge >= 0.3 is 5.97 Å². The summed E-state index contributed by atoms with van der Waals surface area (Å²) in [6, 6.07) is 5.75. The van der Waals surface area contributed by atoms with Gasteiger partial charge in [0.25, 0.3) is 0 Å². The molecule has 0 aromatic carbocycles. The largest absolute Gasteiger partial charge is 0.461 e. The SMILES string of the molecule is C/C=C(\N)C(=O)OCCCc1ccccn1. The molecule has 16 heavy (non-hydrogen) atoms. The lowest BCUT2D eigenvalue weighted by molar-refractivity contribution is -0.139. The van der Waals surface area contributed by atoms with Gasteiger partial charge in [0.05, 0.1) is 6.61 Å². The van der Waals surface area contributed by atoms with E-state index in [1.165, 1.54) is 6.08 Å². The first kappa shape index (κ1) is 12.2. The van der Waals surface area contributed by atoms with Crippen molar-refractivity contribution in [2.45, 2.75) is 19.8 Å². The van der Waals surface area contributed by atoms with Crippen molar-refractivity contribution in [3.8, 4) is 0 Å². The molecule has 0 atom stereocenters. The normalized spacial score (nSPS) is 11.2. The topological polar surface area (TPSA) is 65.2 Å². The van der Waals surface area contributed by atoms with Gasteiger partial charge in [0.15, 0.2) is 0 Å². The minimum Gasteiger partial charge on any atom is -0.461 e. The Labute approximate surface area is 95.1 Å². The van der Waals surface area contributed by atoms with Crippen LogP contribution in [0.4, 0.5) is 0 Å². The number of carbonyl (C=O) groups is 1. The van der Waals surface area contributed by atoms with Crippen molar-refractivity contribution in [3.63, 3.8) is 0 Å². The quantitative estimate of drug-likeness (QED) is 0.463. The number of ether oxygens (including phenoxy) is 1. The second-order valence-corrected chi connectivity index (χ2v) is 3.30. The smallest absolute Gasteiger partial charge is 0.353 e. The number of nitrogens with zero attached hydrogens (tertiary/aromatic N) is 1. The third kappa shape index (κ3) is 4.13. The lowest BCUT2D eigenvalue weighted by Crippen LogP contribution is -2.15. The zero-order chi connectivity index (χ0) is 11.8. The van der Waals surface area contributed by atoms with Gasteiger partial charge in [-0.2, -0.15) is 0 Å². The maximum Gasteiger partial charge on any atom is 0.353 e. The molecule has 4 nitrogen and oxygen atoms in total. The van der Waals surface area contributed by atoms with Gasteiger partial charge < -0.3 is 10.5 Å². The molecule has 86 valence electrons. The fourth-order valence-corrected chi connectivity index (χ4v) is 1.17. The molecule has 0 saturated heterocycles. The van der Waals surface area contributed by atoms with E-state index in [2.05, 4.69) is 4.98 Å². The Bertz CT molecular complexity index is 361. The van der Waals surface area contributed by atoms with Crippen LogP contribution < -0.4 is 5.73 Å². The van der Waals surface area contributed by atoms with E-state index in [1.54, 1.807) is 13.1 Å². The van der Waals surface area contributed by atoms with Crippen molar-refractivity contribution in [1.82, 2.24) is 4.98 Å². The third-order valence-corrected chi connectivity index (χ3v) is 2.08. The summed E-state index contributed by atoms with van der Waals surface area (Å²) in [7, 11) is 0. The Hall–Kier alpha value is -1.84. The fourth-order valence-electron chi connectivity index (χ4n) is 1.17. The minimum absolute atomic E-state index is 0.151. The average molecular weight is 220 g/mol. The van der Waals surface area contributed by atoms with Crippen LogP contribution in [-0.2, 0) is 16.0 Å². The van der Waals surface area contributed by atoms with Gasteiger partial charge in [-0.25, -0.2) is 4.79 Å². The first-order chi connectivity index (χ1) is 7.74. The van der Waals surface area contributed by atoms with Crippen LogP contribution in [0.15, 0.2) is 36.2 Å². The van der Waals surface area contributed by atoms with E-state index < -0.39 is 5.97 Å². The monoisotopic (exact) mass is 220 g/mol. The number of carbonyl (C=O) groups excluding carboxylic acids is 1. The van der Waals surface area contributed by atoms with Gasteiger partial charge in [-0.05, 0) is 31.9 Å². The summed E-state index contributed by atoms with van der Waals surface area (Å²) in [5.74, 6) is -0.455. The van der Waals surface area contributed by atoms with E-state index in [4.69, 9.17) is 10.5 Å². The number of pyridine rings is 1. The second kappa shape index (κ2) is 6.61. The number of esters is 1. The highest BCUT2D eigenvalue weighted by Crippen LogP contribution is 1.99. The van der Waals surface area contributed by atoms with Crippen LogP contribution in [0.25, 0.3) is 0 Å². The Kier molecular flexibility index (Phi) is 5.05. The van der Waals surface area contributed by atoms with Crippen LogP contribution in [0.2, 0.25) is 0 Å². The molecule has 1 aromatic rings. The van der Waals surface area contributed by atoms with Crippen molar-refractivity contribution in [2.24, 2.45) is 5.73 Å². The van der Waals surface area contributed by atoms with Crippen molar-refractivity contribution < 1.29 is 9.53 Å². The number of rotatable bonds is 5. The molecule has 2 N–H and O–H groups in total. The van der Waals surface area contributed by atoms with Crippen molar-refractivity contribution in [3.05, 3.63) is 41.9 Å². The minimum atomic E-state index is -0.455. The lowest BCUT2D eigenvalue weighted by atomic mass is 10.2. The summed E-state index contributed by atoms with van der Waals surface area (Å²) in [5.41, 5.74) is 6.53. The highest BCUT2D eigenvalue weighted by Gasteiger charge is 2.04. The molecule has 0 spiro atoms. The summed E-state index contributed by atoms with van der Waals surface area (Å²) >= 11 is 0. The van der Waals surface area contributed by atoms with Crippen LogP contribution in [0.3, 0.4) is 0 Å². The number of nitrogens with two attached hydrogens (primary N) is 1. The molecule has 1 aromatic heterocycles. The van der Waals surface area contributed by atoms with E-state index in [0.717, 1.165) is 18.5 Å². The first-order valence-electron chi connectivity index (χ1n) is 5.23. The van der Waals surface area contributed by atoms with Gasteiger partial charge in [-0.3, -0.25) is 4.98 Å². The molecule has 0 aliphatic heterocycles. The molecular formula is C12H16N2O2. The molecule has 0 amide bonds. The molecule has 0 fully saturated rings. The van der Waals surface area contributed by atoms with Gasteiger partial charge in [0.2, 0.25) is 0 Å². The summed E-state index contributed by atoms with van der Waals surface area (Å²) in [6.45, 7) is 2.06. The number of aryl methyl sites for hydroxylation is 1. The first-order valence-corrected chi connectivity index (χ1v) is 5.23. The zero-order valence-corrected chi connectivity index (χ0v) is 9.35. The zero-order valence-electron chi connectivity index (χ0n) is 9.35. The lowest BCUT2D eigenvalue weighted by Gasteiger charge is -2.04. The van der Waals surface area contributed by atoms with Crippen LogP contribution >= 0.6 is 0 Å². The molecule has 1 rings (SSSR count). The summed E-state index contributed by atoms with van der Waals surface area (Å²) in [6.07, 6.45) is 4.82. The van der Waals surface area contributed by atoms with E-state index in [1.807, 2.05) is 18.2 Å². The maximum absolute atomic E-state index is 11.2. The standard InChI is InChI=1S/C12H16N2O2/c1-2-11(13)12(15)16-9-5-7-10-6-3-4-8-14-10/h2-4,6,8H,5,7,9,13H2,1H3/b11-2-. The number of hydrogen-bond acceptors (Lipinski definition) is 4. The third-order valence-electron chi connectivity index (χ3n) is 2.08. The van der Waals surface area contributed by atoms with E-state index in [9.17, 15) is 4.79 Å². The van der Waals surface area contributed by atoms with E-state index >= 15 is 0 Å². The molecule has 0 radical (unpaired) electrons. The fraction of sp³-hybridized carbons (Fsp3) is 0.333. The molecular weight excluding hydrogens is 204 g/mol. The Morgan fingerprint density at radius 2 is 2.38 bits per heavy atom. The summed E-state index contributed by atoms with van der Waals surface area (Å²) < 4.78 is 4.96. The molecule has 0 unspecified atom stereocenters. The molecule has 0 aliphatic rings. The summed E-state index contributed by atoms with van der Waals surface area (Å²) in [5, 5.41) is 0. The van der Waals surface area contributed by atoms with Crippen LogP contribution in [-0.4, -0.2) is 17.6 Å². The average Bonchev–Trinajstić information content (AvgIpc) is 2.34. The van der Waals surface area contributed by atoms with Crippen molar-refractivity contribution >= 4 is 5.97 Å². The number of hydrogen-bond donors (Lipinski definition) is 1. The summed E-state index contributed by atoms with van der Waals surface area (Å²) in [4.78, 5) is 15.3. The van der Waals surface area contributed by atoms with Crippen LogP contribution in [0.5, 0.6) is 0 Å². The van der Waals surface area contributed by atoms with Gasteiger partial charge in [0.1, 0.15) is 5.70 Å². The second-order valence-electron chi connectivity index (χ2n) is 3.30. The van der Waals surface area contributed by atoms with E-state index in [-0.39, 0.29) is 5.70 Å². The Balaban J connectivity index is 2.20. The Morgan fingerprint density at radius 1 is 1.56 bits per heavy atom. The van der Waals surface area contributed by atoms with Crippen molar-refractivity contribution in [2.75, 3.05) is 6.61 Å². The molecule has 0 aliphatic carbocycles. The number of aromatic nitrogens is 1. The number of allylic oxidation sites excluding steroid dienone is 1. The highest BCUT2D eigenvalue weighted by atomic mass is 16.5.